The molecule has 6 nitrogen and oxygen atoms in total. The number of piperazine rings is 1. The highest BCUT2D eigenvalue weighted by atomic mass is 16.5. The van der Waals surface area contributed by atoms with Crippen LogP contribution in [0.25, 0.3) is 0 Å². The van der Waals surface area contributed by atoms with Gasteiger partial charge in [-0.15, -0.1) is 10.2 Å². The lowest BCUT2D eigenvalue weighted by molar-refractivity contribution is -0.136. The Hall–Kier alpha value is -2.63. The maximum absolute atomic E-state index is 12.5. The molecule has 0 N–H and O–H groups in total. The van der Waals surface area contributed by atoms with Gasteiger partial charge in [0.2, 0.25) is 11.8 Å². The lowest BCUT2D eigenvalue weighted by Gasteiger charge is -2.36. The first-order chi connectivity index (χ1) is 12.7. The van der Waals surface area contributed by atoms with Crippen molar-refractivity contribution in [2.45, 2.75) is 26.7 Å². The van der Waals surface area contributed by atoms with Gasteiger partial charge < -0.3 is 14.5 Å². The van der Waals surface area contributed by atoms with Crippen molar-refractivity contribution < 1.29 is 9.53 Å². The number of hydrogen-bond acceptors (Lipinski definition) is 5. The van der Waals surface area contributed by atoms with Gasteiger partial charge in [-0.2, -0.15) is 0 Å². The van der Waals surface area contributed by atoms with E-state index in [2.05, 4.69) is 28.9 Å². The standard InChI is InChI=1S/C20H26N4O2/c1-3-16(4-2)20(25)24-14-12-23(13-15-24)18-10-11-19(22-21-18)26-17-8-6-5-7-9-17/h5-11,16H,3-4,12-15H2,1-2H3. The van der Waals surface area contributed by atoms with Crippen LogP contribution < -0.4 is 9.64 Å². The molecule has 26 heavy (non-hydrogen) atoms. The SMILES string of the molecule is CCC(CC)C(=O)N1CCN(c2ccc(Oc3ccccc3)nn2)CC1. The van der Waals surface area contributed by atoms with Crippen molar-refractivity contribution >= 4 is 11.7 Å². The summed E-state index contributed by atoms with van der Waals surface area (Å²) in [5.41, 5.74) is 0. The molecule has 2 aromatic rings. The zero-order valence-electron chi connectivity index (χ0n) is 15.5. The summed E-state index contributed by atoms with van der Waals surface area (Å²) in [4.78, 5) is 16.6. The van der Waals surface area contributed by atoms with Crippen LogP contribution in [0.5, 0.6) is 11.6 Å². The molecule has 1 aliphatic heterocycles. The largest absolute Gasteiger partial charge is 0.438 e. The van der Waals surface area contributed by atoms with Crippen molar-refractivity contribution in [1.29, 1.82) is 0 Å². The third-order valence-corrected chi connectivity index (χ3v) is 4.84. The fourth-order valence-corrected chi connectivity index (χ4v) is 3.20. The normalized spacial score (nSPS) is 14.6. The van der Waals surface area contributed by atoms with Gasteiger partial charge >= 0.3 is 0 Å². The average molecular weight is 354 g/mol. The number of hydrogen-bond donors (Lipinski definition) is 0. The van der Waals surface area contributed by atoms with Crippen LogP contribution in [0.2, 0.25) is 0 Å². The van der Waals surface area contributed by atoms with E-state index in [1.54, 1.807) is 0 Å². The topological polar surface area (TPSA) is 58.6 Å². The van der Waals surface area contributed by atoms with Crippen molar-refractivity contribution in [2.75, 3.05) is 31.1 Å². The van der Waals surface area contributed by atoms with E-state index in [0.717, 1.165) is 50.6 Å². The van der Waals surface area contributed by atoms with Gasteiger partial charge in [-0.25, -0.2) is 0 Å². The molecule has 1 amide bonds. The number of amides is 1. The first-order valence-corrected chi connectivity index (χ1v) is 9.31. The summed E-state index contributed by atoms with van der Waals surface area (Å²) in [7, 11) is 0. The van der Waals surface area contributed by atoms with Gasteiger partial charge in [-0.3, -0.25) is 4.79 Å². The summed E-state index contributed by atoms with van der Waals surface area (Å²) in [5, 5.41) is 8.45. The lowest BCUT2D eigenvalue weighted by Crippen LogP contribution is -2.50. The van der Waals surface area contributed by atoms with Gasteiger partial charge in [0.1, 0.15) is 5.75 Å². The van der Waals surface area contributed by atoms with Crippen molar-refractivity contribution in [1.82, 2.24) is 15.1 Å². The van der Waals surface area contributed by atoms with E-state index >= 15 is 0 Å². The van der Waals surface area contributed by atoms with Gasteiger partial charge in [0.15, 0.2) is 5.82 Å². The van der Waals surface area contributed by atoms with Crippen molar-refractivity contribution in [3.8, 4) is 11.6 Å². The molecular weight excluding hydrogens is 328 g/mol. The quantitative estimate of drug-likeness (QED) is 0.796. The first kappa shape index (κ1) is 18.2. The Bertz CT molecular complexity index is 694. The summed E-state index contributed by atoms with van der Waals surface area (Å²) < 4.78 is 5.68. The smallest absolute Gasteiger partial charge is 0.238 e. The Kier molecular flexibility index (Phi) is 6.04. The summed E-state index contributed by atoms with van der Waals surface area (Å²) >= 11 is 0. The molecule has 0 bridgehead atoms. The summed E-state index contributed by atoms with van der Waals surface area (Å²) in [5.74, 6) is 2.47. The van der Waals surface area contributed by atoms with Crippen molar-refractivity contribution in [3.63, 3.8) is 0 Å². The molecule has 0 saturated carbocycles. The highest BCUT2D eigenvalue weighted by Crippen LogP contribution is 2.21. The number of anilines is 1. The van der Waals surface area contributed by atoms with Crippen LogP contribution in [-0.4, -0.2) is 47.2 Å². The number of carbonyl (C=O) groups is 1. The molecule has 138 valence electrons. The van der Waals surface area contributed by atoms with Gasteiger partial charge in [-0.1, -0.05) is 32.0 Å². The minimum absolute atomic E-state index is 0.149. The number of ether oxygens (including phenoxy) is 1. The maximum atomic E-state index is 12.5. The van der Waals surface area contributed by atoms with E-state index in [1.807, 2.05) is 47.4 Å². The van der Waals surface area contributed by atoms with Crippen LogP contribution in [0.3, 0.4) is 0 Å². The molecule has 1 aromatic heterocycles. The summed E-state index contributed by atoms with van der Waals surface area (Å²) in [6.45, 7) is 7.19. The maximum Gasteiger partial charge on any atom is 0.238 e. The molecule has 3 rings (SSSR count). The van der Waals surface area contributed by atoms with E-state index in [9.17, 15) is 4.79 Å². The number of benzene rings is 1. The molecular formula is C20H26N4O2. The van der Waals surface area contributed by atoms with E-state index in [-0.39, 0.29) is 11.8 Å². The Labute approximate surface area is 154 Å². The minimum atomic E-state index is 0.149. The zero-order valence-corrected chi connectivity index (χ0v) is 15.5. The fourth-order valence-electron chi connectivity index (χ4n) is 3.20. The van der Waals surface area contributed by atoms with Crippen LogP contribution in [-0.2, 0) is 4.79 Å². The second kappa shape index (κ2) is 8.65. The number of aromatic nitrogens is 2. The van der Waals surface area contributed by atoms with Crippen LogP contribution >= 0.6 is 0 Å². The van der Waals surface area contributed by atoms with Crippen LogP contribution in [0.1, 0.15) is 26.7 Å². The molecule has 2 heterocycles. The first-order valence-electron chi connectivity index (χ1n) is 9.31. The molecule has 0 spiro atoms. The minimum Gasteiger partial charge on any atom is -0.438 e. The number of para-hydroxylation sites is 1. The summed E-state index contributed by atoms with van der Waals surface area (Å²) in [6, 6.07) is 13.3. The summed E-state index contributed by atoms with van der Waals surface area (Å²) in [6.07, 6.45) is 1.81. The zero-order chi connectivity index (χ0) is 18.4. The molecule has 1 aromatic carbocycles. The van der Waals surface area contributed by atoms with Crippen molar-refractivity contribution in [3.05, 3.63) is 42.5 Å². The van der Waals surface area contributed by atoms with Gasteiger partial charge in [0, 0.05) is 38.2 Å². The predicted molar refractivity (Wildman–Crippen MR) is 101 cm³/mol. The number of rotatable bonds is 6. The molecule has 1 saturated heterocycles. The van der Waals surface area contributed by atoms with Gasteiger partial charge in [0.05, 0.1) is 0 Å². The second-order valence-electron chi connectivity index (χ2n) is 6.47. The monoisotopic (exact) mass is 354 g/mol. The predicted octanol–water partition coefficient (Wildman–Crippen LogP) is 3.35. The highest BCUT2D eigenvalue weighted by Gasteiger charge is 2.26. The number of nitrogens with zero attached hydrogens (tertiary/aromatic N) is 4. The average Bonchev–Trinajstić information content (AvgIpc) is 2.70. The second-order valence-corrected chi connectivity index (χ2v) is 6.47. The van der Waals surface area contributed by atoms with Gasteiger partial charge in [-0.05, 0) is 31.0 Å². The molecule has 0 unspecified atom stereocenters. The fraction of sp³-hybridized carbons (Fsp3) is 0.450. The molecule has 1 fully saturated rings. The third kappa shape index (κ3) is 4.31. The Morgan fingerprint density at radius 3 is 2.27 bits per heavy atom. The van der Waals surface area contributed by atoms with Crippen LogP contribution in [0, 0.1) is 5.92 Å². The Balaban J connectivity index is 1.55. The van der Waals surface area contributed by atoms with Crippen molar-refractivity contribution in [2.24, 2.45) is 5.92 Å². The number of carbonyl (C=O) groups excluding carboxylic acids is 1. The highest BCUT2D eigenvalue weighted by molar-refractivity contribution is 5.79. The molecule has 0 aliphatic carbocycles. The lowest BCUT2D eigenvalue weighted by atomic mass is 10.0. The Morgan fingerprint density at radius 1 is 1.00 bits per heavy atom. The van der Waals surface area contributed by atoms with Gasteiger partial charge in [0.25, 0.3) is 0 Å². The molecule has 0 atom stereocenters. The van der Waals surface area contributed by atoms with E-state index in [0.29, 0.717) is 5.88 Å². The van der Waals surface area contributed by atoms with Crippen LogP contribution in [0.15, 0.2) is 42.5 Å². The van der Waals surface area contributed by atoms with E-state index in [1.165, 1.54) is 0 Å². The molecule has 6 heteroatoms. The Morgan fingerprint density at radius 2 is 1.69 bits per heavy atom. The third-order valence-electron chi connectivity index (χ3n) is 4.84. The molecule has 1 aliphatic rings. The molecule has 0 radical (unpaired) electrons. The van der Waals surface area contributed by atoms with Crippen LogP contribution in [0.4, 0.5) is 5.82 Å². The van der Waals surface area contributed by atoms with E-state index in [4.69, 9.17) is 4.74 Å². The van der Waals surface area contributed by atoms with E-state index < -0.39 is 0 Å².